The summed E-state index contributed by atoms with van der Waals surface area (Å²) in [5, 5.41) is 2.82. The number of nitrogens with one attached hydrogen (secondary N) is 2. The summed E-state index contributed by atoms with van der Waals surface area (Å²) in [7, 11) is -2.18. The van der Waals surface area contributed by atoms with Crippen LogP contribution < -0.4 is 20.7 Å². The van der Waals surface area contributed by atoms with Crippen molar-refractivity contribution in [3.8, 4) is 0 Å². The van der Waals surface area contributed by atoms with Crippen molar-refractivity contribution in [2.75, 3.05) is 30.8 Å². The maximum absolute atomic E-state index is 11.9. The molecule has 1 aliphatic heterocycles. The first-order valence-corrected chi connectivity index (χ1v) is 8.26. The Bertz CT molecular complexity index is 645. The summed E-state index contributed by atoms with van der Waals surface area (Å²) in [6.45, 7) is 3.12. The monoisotopic (exact) mass is 312 g/mol. The Hall–Kier alpha value is -1.80. The van der Waals surface area contributed by atoms with Gasteiger partial charge in [0.1, 0.15) is 6.04 Å². The van der Waals surface area contributed by atoms with Gasteiger partial charge in [-0.05, 0) is 31.7 Å². The van der Waals surface area contributed by atoms with E-state index in [1.807, 2.05) is 11.8 Å². The first kappa shape index (κ1) is 15.6. The number of carbonyl (C=O) groups excluding carboxylic acids is 1. The van der Waals surface area contributed by atoms with E-state index in [4.69, 9.17) is 5.73 Å². The zero-order valence-electron chi connectivity index (χ0n) is 12.1. The highest BCUT2D eigenvalue weighted by Crippen LogP contribution is 2.29. The third kappa shape index (κ3) is 2.96. The topological polar surface area (TPSA) is 105 Å². The molecule has 0 radical (unpaired) electrons. The molecule has 1 aromatic rings. The average molecular weight is 312 g/mol. The van der Waals surface area contributed by atoms with Gasteiger partial charge in [0.2, 0.25) is 15.9 Å². The summed E-state index contributed by atoms with van der Waals surface area (Å²) in [4.78, 5) is 13.9. The Morgan fingerprint density at radius 2 is 2.19 bits per heavy atom. The molecule has 1 aromatic carbocycles. The molecule has 0 aliphatic carbocycles. The van der Waals surface area contributed by atoms with Gasteiger partial charge in [0.25, 0.3) is 0 Å². The summed E-state index contributed by atoms with van der Waals surface area (Å²) in [6.07, 6.45) is 0.655. The van der Waals surface area contributed by atoms with E-state index in [1.165, 1.54) is 19.2 Å². The minimum absolute atomic E-state index is 0.0323. The fourth-order valence-corrected chi connectivity index (χ4v) is 3.25. The number of nitrogen functional groups attached to an aromatic ring is 1. The third-order valence-corrected chi connectivity index (χ3v) is 5.02. The molecule has 1 saturated heterocycles. The smallest absolute Gasteiger partial charge is 0.242 e. The quantitative estimate of drug-likeness (QED) is 0.673. The van der Waals surface area contributed by atoms with Crippen LogP contribution in [0, 0.1) is 0 Å². The highest BCUT2D eigenvalue weighted by atomic mass is 32.2. The Kier molecular flexibility index (Phi) is 4.38. The number of benzene rings is 1. The van der Waals surface area contributed by atoms with Crippen molar-refractivity contribution in [2.45, 2.75) is 24.3 Å². The van der Waals surface area contributed by atoms with Crippen LogP contribution in [-0.2, 0) is 14.8 Å². The molecule has 8 heteroatoms. The second-order valence-corrected chi connectivity index (χ2v) is 6.72. The molecule has 1 atom stereocenters. The number of nitrogens with two attached hydrogens (primary N) is 1. The van der Waals surface area contributed by atoms with E-state index in [0.29, 0.717) is 30.9 Å². The predicted molar refractivity (Wildman–Crippen MR) is 81.5 cm³/mol. The first-order chi connectivity index (χ1) is 9.90. The zero-order chi connectivity index (χ0) is 15.6. The zero-order valence-corrected chi connectivity index (χ0v) is 12.9. The lowest BCUT2D eigenvalue weighted by Crippen LogP contribution is -2.55. The third-order valence-electron chi connectivity index (χ3n) is 3.60. The normalized spacial score (nSPS) is 19.4. The fraction of sp³-hybridized carbons (Fsp3) is 0.462. The minimum Gasteiger partial charge on any atom is -0.397 e. The summed E-state index contributed by atoms with van der Waals surface area (Å²) in [5.41, 5.74) is 7.03. The summed E-state index contributed by atoms with van der Waals surface area (Å²) in [5.74, 6) is -0.0323. The molecule has 21 heavy (non-hydrogen) atoms. The van der Waals surface area contributed by atoms with Gasteiger partial charge in [0.05, 0.1) is 16.3 Å². The molecule has 1 unspecified atom stereocenters. The van der Waals surface area contributed by atoms with Crippen molar-refractivity contribution >= 4 is 27.3 Å². The fourth-order valence-electron chi connectivity index (χ4n) is 2.49. The van der Waals surface area contributed by atoms with E-state index in [9.17, 15) is 13.2 Å². The van der Waals surface area contributed by atoms with Crippen LogP contribution in [0.25, 0.3) is 0 Å². The summed E-state index contributed by atoms with van der Waals surface area (Å²) >= 11 is 0. The van der Waals surface area contributed by atoms with Crippen LogP contribution in [0.5, 0.6) is 0 Å². The maximum Gasteiger partial charge on any atom is 0.242 e. The van der Waals surface area contributed by atoms with E-state index in [1.54, 1.807) is 6.07 Å². The average Bonchev–Trinajstić information content (AvgIpc) is 2.47. The molecule has 0 bridgehead atoms. The van der Waals surface area contributed by atoms with E-state index < -0.39 is 10.0 Å². The van der Waals surface area contributed by atoms with Gasteiger partial charge in [-0.1, -0.05) is 6.92 Å². The van der Waals surface area contributed by atoms with Crippen molar-refractivity contribution in [1.29, 1.82) is 0 Å². The molecule has 1 heterocycles. The Morgan fingerprint density at radius 3 is 2.76 bits per heavy atom. The van der Waals surface area contributed by atoms with Crippen molar-refractivity contribution < 1.29 is 13.2 Å². The Balaban J connectivity index is 2.39. The number of nitrogens with zero attached hydrogens (tertiary/aromatic N) is 1. The number of sulfonamides is 1. The molecular weight excluding hydrogens is 292 g/mol. The summed E-state index contributed by atoms with van der Waals surface area (Å²) < 4.78 is 25.8. The predicted octanol–water partition coefficient (Wildman–Crippen LogP) is -0.108. The molecule has 0 saturated carbocycles. The highest BCUT2D eigenvalue weighted by Gasteiger charge is 2.29. The number of rotatable bonds is 4. The lowest BCUT2D eigenvalue weighted by Gasteiger charge is -2.37. The second kappa shape index (κ2) is 5.90. The molecule has 116 valence electrons. The number of amides is 1. The summed E-state index contributed by atoms with van der Waals surface area (Å²) in [6, 6.07) is 4.28. The van der Waals surface area contributed by atoms with Crippen LogP contribution in [-0.4, -0.2) is 40.5 Å². The minimum atomic E-state index is -3.53. The number of hydrogen-bond acceptors (Lipinski definition) is 5. The molecule has 1 aliphatic rings. The lowest BCUT2D eigenvalue weighted by atomic mass is 10.1. The Morgan fingerprint density at radius 1 is 1.48 bits per heavy atom. The number of hydrogen-bond donors (Lipinski definition) is 3. The van der Waals surface area contributed by atoms with E-state index in [-0.39, 0.29) is 16.8 Å². The first-order valence-electron chi connectivity index (χ1n) is 6.78. The van der Waals surface area contributed by atoms with Crippen molar-refractivity contribution in [3.05, 3.63) is 18.2 Å². The molecule has 2 rings (SSSR count). The molecule has 4 N–H and O–H groups in total. The van der Waals surface area contributed by atoms with Gasteiger partial charge in [-0.15, -0.1) is 0 Å². The van der Waals surface area contributed by atoms with E-state index in [0.717, 1.165) is 0 Å². The lowest BCUT2D eigenvalue weighted by molar-refractivity contribution is -0.123. The van der Waals surface area contributed by atoms with E-state index in [2.05, 4.69) is 10.0 Å². The van der Waals surface area contributed by atoms with Crippen LogP contribution in [0.1, 0.15) is 13.3 Å². The molecule has 1 amide bonds. The van der Waals surface area contributed by atoms with Gasteiger partial charge in [-0.25, -0.2) is 13.1 Å². The molecule has 1 fully saturated rings. The van der Waals surface area contributed by atoms with E-state index >= 15 is 0 Å². The van der Waals surface area contributed by atoms with Gasteiger partial charge in [0, 0.05) is 13.1 Å². The number of anilines is 2. The van der Waals surface area contributed by atoms with Gasteiger partial charge in [-0.2, -0.15) is 0 Å². The van der Waals surface area contributed by atoms with Crippen LogP contribution in [0.4, 0.5) is 11.4 Å². The number of carbonyl (C=O) groups is 1. The van der Waals surface area contributed by atoms with Crippen LogP contribution in [0.2, 0.25) is 0 Å². The van der Waals surface area contributed by atoms with Gasteiger partial charge < -0.3 is 16.0 Å². The van der Waals surface area contributed by atoms with Crippen LogP contribution >= 0.6 is 0 Å². The van der Waals surface area contributed by atoms with Crippen molar-refractivity contribution in [3.63, 3.8) is 0 Å². The largest absolute Gasteiger partial charge is 0.397 e. The molecule has 0 aromatic heterocycles. The van der Waals surface area contributed by atoms with Crippen LogP contribution in [0.3, 0.4) is 0 Å². The van der Waals surface area contributed by atoms with Gasteiger partial charge in [-0.3, -0.25) is 4.79 Å². The molecule has 0 spiro atoms. The molecule has 7 nitrogen and oxygen atoms in total. The standard InChI is InChI=1S/C13H20N4O3S/c1-3-11-13(18)16-6-7-17(11)12-5-4-9(8-10(12)14)21(19,20)15-2/h4-5,8,11,15H,3,6-7,14H2,1-2H3,(H,16,18). The number of piperazine rings is 1. The van der Waals surface area contributed by atoms with Gasteiger partial charge in [0.15, 0.2) is 0 Å². The van der Waals surface area contributed by atoms with Gasteiger partial charge >= 0.3 is 0 Å². The SMILES string of the molecule is CCC1C(=O)NCCN1c1ccc(S(=O)(=O)NC)cc1N. The highest BCUT2D eigenvalue weighted by molar-refractivity contribution is 7.89. The maximum atomic E-state index is 11.9. The van der Waals surface area contributed by atoms with Crippen LogP contribution in [0.15, 0.2) is 23.1 Å². The second-order valence-electron chi connectivity index (χ2n) is 4.84. The van der Waals surface area contributed by atoms with Crippen molar-refractivity contribution in [1.82, 2.24) is 10.0 Å². The van der Waals surface area contributed by atoms with Crippen molar-refractivity contribution in [2.24, 2.45) is 0 Å². The molecular formula is C13H20N4O3S. The Labute approximate surface area is 124 Å².